The molecule has 0 aliphatic carbocycles. The zero-order valence-corrected chi connectivity index (χ0v) is 15.7. The summed E-state index contributed by atoms with van der Waals surface area (Å²) in [6.07, 6.45) is 1.02. The molecule has 102 valence electrons. The van der Waals surface area contributed by atoms with Crippen LogP contribution >= 0.6 is 0 Å². The number of carbonyl (C=O) groups excluding carboxylic acids is 1. The Balaban J connectivity index is 1.94. The Labute approximate surface area is 143 Å². The van der Waals surface area contributed by atoms with Crippen molar-refractivity contribution in [1.29, 1.82) is 0 Å². The van der Waals surface area contributed by atoms with E-state index in [1.165, 1.54) is 22.3 Å². The molecule has 4 rings (SSSR count). The van der Waals surface area contributed by atoms with Crippen molar-refractivity contribution in [3.63, 3.8) is 0 Å². The molecule has 0 amide bonds. The summed E-state index contributed by atoms with van der Waals surface area (Å²) in [6, 6.07) is 21.5. The van der Waals surface area contributed by atoms with E-state index in [0.717, 1.165) is 9.87 Å². The van der Waals surface area contributed by atoms with Crippen LogP contribution in [0.25, 0.3) is 0 Å². The Morgan fingerprint density at radius 3 is 2.00 bits per heavy atom. The molecule has 0 spiro atoms. The third-order valence-electron chi connectivity index (χ3n) is 3.38. The van der Waals surface area contributed by atoms with Gasteiger partial charge in [0.05, 0.1) is 0 Å². The van der Waals surface area contributed by atoms with E-state index in [1.54, 1.807) is 0 Å². The first-order valence-corrected chi connectivity index (χ1v) is 11.2. The first-order valence-electron chi connectivity index (χ1n) is 6.58. The molecule has 1 aliphatic heterocycles. The number of fused-ring (bicyclic) bond motifs is 2. The number of carbonyl (C=O) groups is 1. The van der Waals surface area contributed by atoms with Crippen LogP contribution in [0, 0.1) is 0 Å². The fourth-order valence-electron chi connectivity index (χ4n) is 2.47. The molecule has 21 heavy (non-hydrogen) atoms. The zero-order chi connectivity index (χ0) is 14.2. The van der Waals surface area contributed by atoms with Crippen molar-refractivity contribution in [3.05, 3.63) is 64.2 Å². The van der Waals surface area contributed by atoms with Crippen molar-refractivity contribution < 1.29 is 4.79 Å². The van der Waals surface area contributed by atoms with Gasteiger partial charge in [0.1, 0.15) is 0 Å². The van der Waals surface area contributed by atoms with Crippen LogP contribution in [0.2, 0.25) is 0 Å². The molecule has 2 aromatic carbocycles. The van der Waals surface area contributed by atoms with Crippen molar-refractivity contribution in [1.82, 2.24) is 0 Å². The first kappa shape index (κ1) is 13.6. The van der Waals surface area contributed by atoms with Gasteiger partial charge in [-0.25, -0.2) is 0 Å². The number of hydrogen-bond donors (Lipinski definition) is 0. The molecule has 1 aliphatic rings. The summed E-state index contributed by atoms with van der Waals surface area (Å²) in [5, 5.41) is 0. The molecular weight excluding hydrogens is 489 g/mol. The Morgan fingerprint density at radius 2 is 1.43 bits per heavy atom. The summed E-state index contributed by atoms with van der Waals surface area (Å²) < 4.78 is 5.26. The first-order chi connectivity index (χ1) is 10.4. The number of rotatable bonds is 2. The van der Waals surface area contributed by atoms with Gasteiger partial charge in [-0.15, -0.1) is 0 Å². The van der Waals surface area contributed by atoms with Gasteiger partial charge in [0.15, 0.2) is 0 Å². The van der Waals surface area contributed by atoms with Crippen molar-refractivity contribution >= 4 is 69.9 Å². The van der Waals surface area contributed by atoms with Crippen molar-refractivity contribution in [2.45, 2.75) is 0 Å². The standard InChI is InChI=1S/C17H11NOTe2/c19-11-12-9-10-17(20-12)18-13-5-1-3-7-15(13)21-16-8-4-2-6-14(16)18/h1-11H. The fourth-order valence-corrected chi connectivity index (χ4v) is 7.91. The van der Waals surface area contributed by atoms with E-state index in [9.17, 15) is 4.79 Å². The number of nitrogens with zero attached hydrogens (tertiary/aromatic N) is 1. The second-order valence-electron chi connectivity index (χ2n) is 4.67. The van der Waals surface area contributed by atoms with Gasteiger partial charge in [-0.1, -0.05) is 0 Å². The van der Waals surface area contributed by atoms with Crippen LogP contribution in [0.4, 0.5) is 15.1 Å². The summed E-state index contributed by atoms with van der Waals surface area (Å²) in [5.74, 6) is 0. The average molecular weight is 500 g/mol. The Bertz CT molecular complexity index is 779. The molecule has 0 atom stereocenters. The number of para-hydroxylation sites is 2. The van der Waals surface area contributed by atoms with Gasteiger partial charge >= 0.3 is 144 Å². The van der Waals surface area contributed by atoms with Crippen molar-refractivity contribution in [2.75, 3.05) is 4.90 Å². The Kier molecular flexibility index (Phi) is 3.65. The molecule has 0 N–H and O–H groups in total. The quantitative estimate of drug-likeness (QED) is 0.310. The predicted octanol–water partition coefficient (Wildman–Crippen LogP) is 1.99. The maximum absolute atomic E-state index is 11.0. The molecule has 0 saturated carbocycles. The van der Waals surface area contributed by atoms with Gasteiger partial charge in [0.25, 0.3) is 0 Å². The minimum atomic E-state index is -0.570. The van der Waals surface area contributed by atoms with E-state index in [4.69, 9.17) is 0 Å². The second kappa shape index (κ2) is 5.63. The summed E-state index contributed by atoms with van der Waals surface area (Å²) in [4.78, 5) is 13.4. The molecule has 0 fully saturated rings. The van der Waals surface area contributed by atoms with Crippen LogP contribution in [0.1, 0.15) is 8.37 Å². The van der Waals surface area contributed by atoms with Crippen LogP contribution < -0.4 is 12.1 Å². The van der Waals surface area contributed by atoms with E-state index in [1.807, 2.05) is 6.07 Å². The second-order valence-corrected chi connectivity index (χ2v) is 10.9. The van der Waals surface area contributed by atoms with Gasteiger partial charge in [0, 0.05) is 0 Å². The van der Waals surface area contributed by atoms with Gasteiger partial charge in [-0.05, 0) is 0 Å². The maximum atomic E-state index is 11.0. The van der Waals surface area contributed by atoms with Gasteiger partial charge < -0.3 is 0 Å². The zero-order valence-electron chi connectivity index (χ0n) is 11.0. The Hall–Kier alpha value is -1.03. The molecule has 1 aromatic heterocycles. The van der Waals surface area contributed by atoms with Crippen molar-refractivity contribution in [3.8, 4) is 0 Å². The normalized spacial score (nSPS) is 12.7. The topological polar surface area (TPSA) is 20.3 Å². The molecule has 0 radical (unpaired) electrons. The third-order valence-corrected chi connectivity index (χ3v) is 9.45. The molecule has 0 unspecified atom stereocenters. The Morgan fingerprint density at radius 1 is 0.810 bits per heavy atom. The van der Waals surface area contributed by atoms with Crippen LogP contribution in [0.3, 0.4) is 0 Å². The van der Waals surface area contributed by atoms with Crippen molar-refractivity contribution in [2.24, 2.45) is 0 Å². The SMILES string of the molecule is O=Cc1ccc(N2c3ccccc3[Te]c3ccccc32)[te]1. The van der Waals surface area contributed by atoms with E-state index >= 15 is 0 Å². The summed E-state index contributed by atoms with van der Waals surface area (Å²) in [5.41, 5.74) is 2.63. The minimum absolute atomic E-state index is 0.324. The molecule has 2 heterocycles. The monoisotopic (exact) mass is 505 g/mol. The number of anilines is 3. The summed E-state index contributed by atoms with van der Waals surface area (Å²) in [7, 11) is 0. The molecule has 2 nitrogen and oxygen atoms in total. The number of benzene rings is 2. The molecular formula is C17H11NOTe2. The van der Waals surface area contributed by atoms with E-state index < -0.39 is 20.4 Å². The van der Waals surface area contributed by atoms with E-state index in [-0.39, 0.29) is 20.9 Å². The van der Waals surface area contributed by atoms with Gasteiger partial charge in [-0.3, -0.25) is 0 Å². The van der Waals surface area contributed by atoms with E-state index in [0.29, 0.717) is 0 Å². The molecule has 0 bridgehead atoms. The van der Waals surface area contributed by atoms with Gasteiger partial charge in [0.2, 0.25) is 0 Å². The fraction of sp³-hybridized carbons (Fsp3) is 0. The summed E-state index contributed by atoms with van der Waals surface area (Å²) >= 11 is -0.894. The molecule has 4 heteroatoms. The number of hydrogen-bond acceptors (Lipinski definition) is 2. The van der Waals surface area contributed by atoms with E-state index in [2.05, 4.69) is 59.5 Å². The van der Waals surface area contributed by atoms with Crippen LogP contribution in [-0.2, 0) is 0 Å². The van der Waals surface area contributed by atoms with Crippen LogP contribution in [-0.4, -0.2) is 47.6 Å². The van der Waals surface area contributed by atoms with Crippen LogP contribution in [0.5, 0.6) is 0 Å². The van der Waals surface area contributed by atoms with Gasteiger partial charge in [-0.2, -0.15) is 0 Å². The molecule has 3 aromatic rings. The van der Waals surface area contributed by atoms with Crippen LogP contribution in [0.15, 0.2) is 60.7 Å². The predicted molar refractivity (Wildman–Crippen MR) is 88.5 cm³/mol. The number of aldehydes is 1. The summed E-state index contributed by atoms with van der Waals surface area (Å²) in [6.45, 7) is 0. The third kappa shape index (κ3) is 2.37. The average Bonchev–Trinajstić information content (AvgIpc) is 3.01. The molecule has 0 saturated heterocycles.